The molecule has 5 nitrogen and oxygen atoms in total. The van der Waals surface area contributed by atoms with Crippen LogP contribution in [0.15, 0.2) is 23.2 Å². The molecule has 0 fully saturated rings. The van der Waals surface area contributed by atoms with Crippen LogP contribution in [0.5, 0.6) is 0 Å². The highest BCUT2D eigenvalue weighted by Gasteiger charge is 2.18. The summed E-state index contributed by atoms with van der Waals surface area (Å²) < 4.78 is 26.3. The first-order valence-corrected chi connectivity index (χ1v) is 7.10. The van der Waals surface area contributed by atoms with E-state index in [0.717, 1.165) is 0 Å². The Morgan fingerprint density at radius 2 is 2.24 bits per heavy atom. The van der Waals surface area contributed by atoms with Crippen molar-refractivity contribution >= 4 is 21.6 Å². The van der Waals surface area contributed by atoms with Gasteiger partial charge >= 0.3 is 0 Å². The minimum atomic E-state index is -3.59. The summed E-state index contributed by atoms with van der Waals surface area (Å²) in [6, 6.07) is 2.53. The molecule has 0 aromatic carbocycles. The SMILES string of the molecule is CCC(CCO)NS(=O)(=O)c1ccc(Cl)nc1. The number of aromatic nitrogens is 1. The molecular weight excluding hydrogens is 264 g/mol. The van der Waals surface area contributed by atoms with Crippen molar-refractivity contribution in [3.63, 3.8) is 0 Å². The van der Waals surface area contributed by atoms with Crippen molar-refractivity contribution in [1.29, 1.82) is 0 Å². The average molecular weight is 279 g/mol. The second-order valence-electron chi connectivity index (χ2n) is 3.56. The van der Waals surface area contributed by atoms with Gasteiger partial charge in [0.15, 0.2) is 0 Å². The number of pyridine rings is 1. The third-order valence-corrected chi connectivity index (χ3v) is 4.03. The first kappa shape index (κ1) is 14.4. The molecule has 1 aromatic heterocycles. The molecule has 7 heteroatoms. The molecule has 1 aromatic rings. The fourth-order valence-corrected chi connectivity index (χ4v) is 2.72. The van der Waals surface area contributed by atoms with Gasteiger partial charge in [-0.05, 0) is 25.0 Å². The summed E-state index contributed by atoms with van der Waals surface area (Å²) in [5.41, 5.74) is 0. The largest absolute Gasteiger partial charge is 0.396 e. The zero-order chi connectivity index (χ0) is 12.9. The molecule has 0 aliphatic carbocycles. The fourth-order valence-electron chi connectivity index (χ4n) is 1.31. The number of sulfonamides is 1. The first-order valence-electron chi connectivity index (χ1n) is 5.24. The molecule has 1 rings (SSSR count). The number of halogens is 1. The molecule has 0 amide bonds. The van der Waals surface area contributed by atoms with Gasteiger partial charge in [-0.2, -0.15) is 0 Å². The molecule has 1 heterocycles. The number of hydrogen-bond donors (Lipinski definition) is 2. The maximum absolute atomic E-state index is 11.9. The molecule has 0 saturated carbocycles. The quantitative estimate of drug-likeness (QED) is 0.766. The molecule has 0 bridgehead atoms. The van der Waals surface area contributed by atoms with Gasteiger partial charge in [-0.15, -0.1) is 0 Å². The summed E-state index contributed by atoms with van der Waals surface area (Å²) in [6.45, 7) is 1.79. The Morgan fingerprint density at radius 1 is 1.53 bits per heavy atom. The smallest absolute Gasteiger partial charge is 0.242 e. The van der Waals surface area contributed by atoms with E-state index in [1.54, 1.807) is 0 Å². The van der Waals surface area contributed by atoms with Gasteiger partial charge in [0.2, 0.25) is 10.0 Å². The lowest BCUT2D eigenvalue weighted by Gasteiger charge is -2.15. The van der Waals surface area contributed by atoms with Crippen molar-refractivity contribution in [3.05, 3.63) is 23.5 Å². The Balaban J connectivity index is 2.84. The van der Waals surface area contributed by atoms with Crippen LogP contribution < -0.4 is 4.72 Å². The molecule has 96 valence electrons. The molecule has 0 saturated heterocycles. The monoisotopic (exact) mass is 278 g/mol. The Kier molecular flexibility index (Phi) is 5.32. The number of nitrogens with zero attached hydrogens (tertiary/aromatic N) is 1. The molecule has 1 atom stereocenters. The number of rotatable bonds is 6. The Labute approximate surface area is 106 Å². The number of hydrogen-bond acceptors (Lipinski definition) is 4. The first-order chi connectivity index (χ1) is 7.99. The summed E-state index contributed by atoms with van der Waals surface area (Å²) in [5, 5.41) is 9.05. The number of aliphatic hydroxyl groups excluding tert-OH is 1. The van der Waals surface area contributed by atoms with E-state index < -0.39 is 10.0 Å². The summed E-state index contributed by atoms with van der Waals surface area (Å²) in [5.74, 6) is 0. The maximum atomic E-state index is 11.9. The van der Waals surface area contributed by atoms with Crippen molar-refractivity contribution in [3.8, 4) is 0 Å². The van der Waals surface area contributed by atoms with E-state index in [-0.39, 0.29) is 22.7 Å². The molecule has 0 aliphatic rings. The highest BCUT2D eigenvalue weighted by Crippen LogP contribution is 2.12. The molecular formula is C10H15ClN2O3S. The normalized spacial score (nSPS) is 13.6. The van der Waals surface area contributed by atoms with Crippen LogP contribution in [0.3, 0.4) is 0 Å². The van der Waals surface area contributed by atoms with Gasteiger partial charge in [-0.25, -0.2) is 18.1 Å². The van der Waals surface area contributed by atoms with E-state index in [0.29, 0.717) is 12.8 Å². The van der Waals surface area contributed by atoms with Gasteiger partial charge in [-0.1, -0.05) is 18.5 Å². The second kappa shape index (κ2) is 6.30. The summed E-state index contributed by atoms with van der Waals surface area (Å²) in [6.07, 6.45) is 2.20. The minimum Gasteiger partial charge on any atom is -0.396 e. The van der Waals surface area contributed by atoms with Gasteiger partial charge in [-0.3, -0.25) is 0 Å². The second-order valence-corrected chi connectivity index (χ2v) is 5.66. The molecule has 2 N–H and O–H groups in total. The predicted molar refractivity (Wildman–Crippen MR) is 65.4 cm³/mol. The Hall–Kier alpha value is -0.690. The molecule has 1 unspecified atom stereocenters. The van der Waals surface area contributed by atoms with E-state index in [4.69, 9.17) is 16.7 Å². The summed E-state index contributed by atoms with van der Waals surface area (Å²) in [4.78, 5) is 3.79. The highest BCUT2D eigenvalue weighted by atomic mass is 35.5. The third kappa shape index (κ3) is 4.23. The highest BCUT2D eigenvalue weighted by molar-refractivity contribution is 7.89. The van der Waals surface area contributed by atoms with Crippen LogP contribution in [-0.2, 0) is 10.0 Å². The van der Waals surface area contributed by atoms with Gasteiger partial charge in [0.1, 0.15) is 10.0 Å². The number of nitrogens with one attached hydrogen (secondary N) is 1. The van der Waals surface area contributed by atoms with Crippen LogP contribution in [0.25, 0.3) is 0 Å². The van der Waals surface area contributed by atoms with Gasteiger partial charge in [0.05, 0.1) is 0 Å². The lowest BCUT2D eigenvalue weighted by Crippen LogP contribution is -2.35. The zero-order valence-corrected chi connectivity index (χ0v) is 11.0. The van der Waals surface area contributed by atoms with E-state index in [2.05, 4.69) is 9.71 Å². The van der Waals surface area contributed by atoms with Crippen molar-refractivity contribution in [2.45, 2.75) is 30.7 Å². The third-order valence-electron chi connectivity index (χ3n) is 2.30. The van der Waals surface area contributed by atoms with Crippen LogP contribution in [-0.4, -0.2) is 31.2 Å². The average Bonchev–Trinajstić information content (AvgIpc) is 2.28. The van der Waals surface area contributed by atoms with Crippen LogP contribution >= 0.6 is 11.6 Å². The summed E-state index contributed by atoms with van der Waals surface area (Å²) in [7, 11) is -3.59. The Bertz CT molecular complexity index is 447. The minimum absolute atomic E-state index is 0.0557. The van der Waals surface area contributed by atoms with Crippen LogP contribution in [0.2, 0.25) is 5.15 Å². The predicted octanol–water partition coefficient (Wildman–Crippen LogP) is 1.17. The van der Waals surface area contributed by atoms with E-state index in [1.807, 2.05) is 6.92 Å². The van der Waals surface area contributed by atoms with Crippen LogP contribution in [0.1, 0.15) is 19.8 Å². The van der Waals surface area contributed by atoms with Crippen molar-refractivity contribution in [2.75, 3.05) is 6.61 Å². The van der Waals surface area contributed by atoms with Crippen molar-refractivity contribution in [2.24, 2.45) is 0 Å². The van der Waals surface area contributed by atoms with E-state index in [9.17, 15) is 8.42 Å². The molecule has 0 spiro atoms. The molecule has 0 radical (unpaired) electrons. The number of aliphatic hydroxyl groups is 1. The van der Waals surface area contributed by atoms with Crippen LogP contribution in [0, 0.1) is 0 Å². The van der Waals surface area contributed by atoms with Crippen molar-refractivity contribution in [1.82, 2.24) is 9.71 Å². The lowest BCUT2D eigenvalue weighted by atomic mass is 10.2. The van der Waals surface area contributed by atoms with Crippen LogP contribution in [0.4, 0.5) is 0 Å². The zero-order valence-electron chi connectivity index (χ0n) is 9.43. The summed E-state index contributed by atoms with van der Waals surface area (Å²) >= 11 is 5.59. The van der Waals surface area contributed by atoms with Gasteiger partial charge in [0, 0.05) is 18.8 Å². The van der Waals surface area contributed by atoms with E-state index >= 15 is 0 Å². The van der Waals surface area contributed by atoms with Gasteiger partial charge < -0.3 is 5.11 Å². The standard InChI is InChI=1S/C10H15ClN2O3S/c1-2-8(5-6-14)13-17(15,16)9-3-4-10(11)12-7-9/h3-4,7-8,13-14H,2,5-6H2,1H3. The van der Waals surface area contributed by atoms with Gasteiger partial charge in [0.25, 0.3) is 0 Å². The topological polar surface area (TPSA) is 79.3 Å². The molecule has 17 heavy (non-hydrogen) atoms. The van der Waals surface area contributed by atoms with Crippen molar-refractivity contribution < 1.29 is 13.5 Å². The maximum Gasteiger partial charge on any atom is 0.242 e. The van der Waals surface area contributed by atoms with E-state index in [1.165, 1.54) is 18.3 Å². The lowest BCUT2D eigenvalue weighted by molar-refractivity contribution is 0.270. The Morgan fingerprint density at radius 3 is 2.71 bits per heavy atom. The molecule has 0 aliphatic heterocycles. The fraction of sp³-hybridized carbons (Fsp3) is 0.500.